The average molecular weight is 314 g/mol. The predicted molar refractivity (Wildman–Crippen MR) is 75.6 cm³/mol. The molecular formula is C12H16ClN5O3. The van der Waals surface area contributed by atoms with Gasteiger partial charge in [-0.2, -0.15) is 9.97 Å². The summed E-state index contributed by atoms with van der Waals surface area (Å²) in [6.07, 6.45) is 0.969. The van der Waals surface area contributed by atoms with Gasteiger partial charge >= 0.3 is 0 Å². The van der Waals surface area contributed by atoms with E-state index in [-0.39, 0.29) is 24.1 Å². The summed E-state index contributed by atoms with van der Waals surface area (Å²) in [7, 11) is 0. The van der Waals surface area contributed by atoms with Gasteiger partial charge in [0.2, 0.25) is 5.95 Å². The van der Waals surface area contributed by atoms with Crippen molar-refractivity contribution < 1.29 is 14.9 Å². The topological polar surface area (TPSA) is 119 Å². The van der Waals surface area contributed by atoms with Gasteiger partial charge in [-0.3, -0.25) is 4.57 Å². The summed E-state index contributed by atoms with van der Waals surface area (Å²) in [6.45, 7) is 3.14. The minimum Gasteiger partial charge on any atom is -0.393 e. The molecule has 3 unspecified atom stereocenters. The zero-order chi connectivity index (χ0) is 15.4. The smallest absolute Gasteiger partial charge is 0.223 e. The SMILES string of the molecule is CC1(CO)OC(C)(n2cnc3c(Cl)nc(N)nc32)CC1O. The molecule has 0 spiro atoms. The monoisotopic (exact) mass is 313 g/mol. The first-order chi connectivity index (χ1) is 9.79. The number of rotatable bonds is 2. The molecule has 0 aromatic carbocycles. The molecule has 2 aromatic rings. The summed E-state index contributed by atoms with van der Waals surface area (Å²) in [5, 5.41) is 19.8. The molecule has 1 aliphatic heterocycles. The van der Waals surface area contributed by atoms with E-state index in [1.54, 1.807) is 18.4 Å². The van der Waals surface area contributed by atoms with Gasteiger partial charge in [0.1, 0.15) is 16.8 Å². The highest BCUT2D eigenvalue weighted by atomic mass is 35.5. The lowest BCUT2D eigenvalue weighted by Crippen LogP contribution is -2.41. The van der Waals surface area contributed by atoms with Gasteiger partial charge in [-0.05, 0) is 13.8 Å². The molecule has 21 heavy (non-hydrogen) atoms. The molecule has 8 nitrogen and oxygen atoms in total. The lowest BCUT2D eigenvalue weighted by Gasteiger charge is -2.30. The fourth-order valence-electron chi connectivity index (χ4n) is 2.70. The first kappa shape index (κ1) is 14.5. The van der Waals surface area contributed by atoms with E-state index in [2.05, 4.69) is 15.0 Å². The van der Waals surface area contributed by atoms with Crippen molar-refractivity contribution in [2.75, 3.05) is 12.3 Å². The fraction of sp³-hybridized carbons (Fsp3) is 0.583. The molecule has 3 rings (SSSR count). The number of hydrogen-bond acceptors (Lipinski definition) is 7. The van der Waals surface area contributed by atoms with E-state index in [9.17, 15) is 10.2 Å². The number of imidazole rings is 1. The molecule has 2 aromatic heterocycles. The summed E-state index contributed by atoms with van der Waals surface area (Å²) >= 11 is 6.00. The number of halogens is 1. The third-order valence-electron chi connectivity index (χ3n) is 3.92. The Hall–Kier alpha value is -1.48. The molecule has 0 aliphatic carbocycles. The fourth-order valence-corrected chi connectivity index (χ4v) is 2.92. The van der Waals surface area contributed by atoms with E-state index in [0.29, 0.717) is 11.2 Å². The van der Waals surface area contributed by atoms with E-state index in [0.717, 1.165) is 0 Å². The van der Waals surface area contributed by atoms with Crippen molar-refractivity contribution in [3.63, 3.8) is 0 Å². The van der Waals surface area contributed by atoms with Crippen molar-refractivity contribution in [1.29, 1.82) is 0 Å². The molecule has 0 radical (unpaired) electrons. The zero-order valence-electron chi connectivity index (χ0n) is 11.6. The lowest BCUT2D eigenvalue weighted by atomic mass is 9.99. The summed E-state index contributed by atoms with van der Waals surface area (Å²) in [5.74, 6) is 0.0290. The highest BCUT2D eigenvalue weighted by molar-refractivity contribution is 6.33. The molecule has 0 amide bonds. The van der Waals surface area contributed by atoms with Crippen LogP contribution in [0.2, 0.25) is 5.15 Å². The van der Waals surface area contributed by atoms with Gasteiger partial charge in [-0.1, -0.05) is 11.6 Å². The number of nitrogen functional groups attached to an aromatic ring is 1. The molecule has 1 fully saturated rings. The Kier molecular flexibility index (Phi) is 3.10. The van der Waals surface area contributed by atoms with Crippen molar-refractivity contribution in [2.45, 2.75) is 37.7 Å². The Morgan fingerprint density at radius 1 is 1.52 bits per heavy atom. The maximum Gasteiger partial charge on any atom is 0.223 e. The standard InChI is InChI=1S/C12H16ClN5O3/c1-11(4-19)6(20)3-12(2,21-11)18-5-15-7-8(13)16-10(14)17-9(7)18/h5-6,19-20H,3-4H2,1-2H3,(H2,14,16,17). The van der Waals surface area contributed by atoms with Gasteiger partial charge < -0.3 is 20.7 Å². The zero-order valence-corrected chi connectivity index (χ0v) is 12.4. The number of aliphatic hydroxyl groups excluding tert-OH is 2. The first-order valence-corrected chi connectivity index (χ1v) is 6.82. The van der Waals surface area contributed by atoms with Crippen molar-refractivity contribution in [3.05, 3.63) is 11.5 Å². The Labute approximate surface area is 125 Å². The van der Waals surface area contributed by atoms with E-state index < -0.39 is 17.4 Å². The minimum atomic E-state index is -1.05. The van der Waals surface area contributed by atoms with Crippen LogP contribution < -0.4 is 5.73 Å². The molecule has 0 saturated carbocycles. The molecule has 3 heterocycles. The lowest BCUT2D eigenvalue weighted by molar-refractivity contribution is -0.159. The molecule has 9 heteroatoms. The summed E-state index contributed by atoms with van der Waals surface area (Å²) in [4.78, 5) is 12.2. The Morgan fingerprint density at radius 3 is 2.86 bits per heavy atom. The number of fused-ring (bicyclic) bond motifs is 1. The molecule has 1 aliphatic rings. The normalized spacial score (nSPS) is 32.9. The number of aromatic nitrogens is 4. The second-order valence-corrected chi connectivity index (χ2v) is 5.99. The van der Waals surface area contributed by atoms with Gasteiger partial charge in [-0.25, -0.2) is 4.98 Å². The quantitative estimate of drug-likeness (QED) is 0.680. The Balaban J connectivity index is 2.13. The third-order valence-corrected chi connectivity index (χ3v) is 4.19. The van der Waals surface area contributed by atoms with Crippen molar-refractivity contribution in [1.82, 2.24) is 19.5 Å². The van der Waals surface area contributed by atoms with Gasteiger partial charge in [0, 0.05) is 6.42 Å². The van der Waals surface area contributed by atoms with Crippen molar-refractivity contribution in [3.8, 4) is 0 Å². The van der Waals surface area contributed by atoms with Crippen LogP contribution in [0.25, 0.3) is 11.2 Å². The highest BCUT2D eigenvalue weighted by Crippen LogP contribution is 2.42. The molecule has 4 N–H and O–H groups in total. The van der Waals surface area contributed by atoms with Crippen LogP contribution in [-0.2, 0) is 10.5 Å². The van der Waals surface area contributed by atoms with E-state index in [4.69, 9.17) is 22.1 Å². The Morgan fingerprint density at radius 2 is 2.24 bits per heavy atom. The van der Waals surface area contributed by atoms with Crippen LogP contribution in [0.3, 0.4) is 0 Å². The van der Waals surface area contributed by atoms with Crippen LogP contribution in [0.1, 0.15) is 20.3 Å². The first-order valence-electron chi connectivity index (χ1n) is 6.45. The number of ether oxygens (including phenoxy) is 1. The third kappa shape index (κ3) is 2.06. The van der Waals surface area contributed by atoms with Crippen LogP contribution in [0, 0.1) is 0 Å². The minimum absolute atomic E-state index is 0.0290. The Bertz CT molecular complexity index is 708. The summed E-state index contributed by atoms with van der Waals surface area (Å²) in [6, 6.07) is 0. The van der Waals surface area contributed by atoms with Gasteiger partial charge in [-0.15, -0.1) is 0 Å². The largest absolute Gasteiger partial charge is 0.393 e. The number of hydrogen-bond donors (Lipinski definition) is 3. The molecule has 114 valence electrons. The predicted octanol–water partition coefficient (Wildman–Crippen LogP) is 0.267. The number of nitrogens with zero attached hydrogens (tertiary/aromatic N) is 4. The second-order valence-electron chi connectivity index (χ2n) is 5.63. The van der Waals surface area contributed by atoms with Crippen LogP contribution in [-0.4, -0.2) is 48.0 Å². The molecule has 1 saturated heterocycles. The number of nitrogens with two attached hydrogens (primary N) is 1. The van der Waals surface area contributed by atoms with Gasteiger partial charge in [0.25, 0.3) is 0 Å². The summed E-state index contributed by atoms with van der Waals surface area (Å²) < 4.78 is 7.56. The van der Waals surface area contributed by atoms with Crippen LogP contribution >= 0.6 is 11.6 Å². The number of anilines is 1. The average Bonchev–Trinajstić information content (AvgIpc) is 2.91. The van der Waals surface area contributed by atoms with Crippen LogP contribution in [0.15, 0.2) is 6.33 Å². The van der Waals surface area contributed by atoms with E-state index in [1.807, 2.05) is 0 Å². The van der Waals surface area contributed by atoms with Crippen LogP contribution in [0.5, 0.6) is 0 Å². The second kappa shape index (κ2) is 4.51. The van der Waals surface area contributed by atoms with E-state index in [1.165, 1.54) is 6.33 Å². The molecule has 3 atom stereocenters. The van der Waals surface area contributed by atoms with Crippen LogP contribution in [0.4, 0.5) is 5.95 Å². The van der Waals surface area contributed by atoms with Crippen molar-refractivity contribution in [2.24, 2.45) is 0 Å². The maximum atomic E-state index is 10.2. The molecule has 0 bridgehead atoms. The van der Waals surface area contributed by atoms with Gasteiger partial charge in [0.15, 0.2) is 10.8 Å². The van der Waals surface area contributed by atoms with E-state index >= 15 is 0 Å². The van der Waals surface area contributed by atoms with Crippen molar-refractivity contribution >= 4 is 28.7 Å². The number of aliphatic hydroxyl groups is 2. The molecular weight excluding hydrogens is 298 g/mol. The highest BCUT2D eigenvalue weighted by Gasteiger charge is 2.52. The van der Waals surface area contributed by atoms with Gasteiger partial charge in [0.05, 0.1) is 19.0 Å². The summed E-state index contributed by atoms with van der Waals surface area (Å²) in [5.41, 5.74) is 4.48. The maximum absolute atomic E-state index is 10.2.